The molecular formula is C19H15F2N3O3S. The van der Waals surface area contributed by atoms with Crippen molar-refractivity contribution in [3.8, 4) is 11.6 Å². The number of aromatic nitrogens is 2. The van der Waals surface area contributed by atoms with Gasteiger partial charge in [-0.2, -0.15) is 4.98 Å². The van der Waals surface area contributed by atoms with Gasteiger partial charge < -0.3 is 4.74 Å². The van der Waals surface area contributed by atoms with E-state index in [4.69, 9.17) is 4.74 Å². The van der Waals surface area contributed by atoms with Gasteiger partial charge in [-0.25, -0.2) is 13.8 Å². The Morgan fingerprint density at radius 2 is 1.82 bits per heavy atom. The second-order valence-corrected chi connectivity index (χ2v) is 6.67. The Morgan fingerprint density at radius 3 is 2.46 bits per heavy atom. The molecule has 144 valence electrons. The van der Waals surface area contributed by atoms with E-state index in [0.717, 1.165) is 17.8 Å². The summed E-state index contributed by atoms with van der Waals surface area (Å²) in [6.07, 6.45) is 0.651. The summed E-state index contributed by atoms with van der Waals surface area (Å²) in [4.78, 5) is 19.0. The molecule has 0 aliphatic heterocycles. The van der Waals surface area contributed by atoms with E-state index in [0.29, 0.717) is 34.5 Å². The fourth-order valence-corrected chi connectivity index (χ4v) is 3.09. The van der Waals surface area contributed by atoms with Crippen LogP contribution in [0.2, 0.25) is 0 Å². The molecule has 0 saturated heterocycles. The predicted molar refractivity (Wildman–Crippen MR) is 100 cm³/mol. The van der Waals surface area contributed by atoms with Crippen LogP contribution in [0.1, 0.15) is 18.2 Å². The van der Waals surface area contributed by atoms with Crippen molar-refractivity contribution >= 4 is 17.4 Å². The maximum Gasteiger partial charge on any atom is 0.269 e. The third-order valence-corrected chi connectivity index (χ3v) is 4.64. The fraction of sp³-hybridized carbons (Fsp3) is 0.158. The molecule has 9 heteroatoms. The average Bonchev–Trinajstić information content (AvgIpc) is 2.69. The average molecular weight is 403 g/mol. The lowest BCUT2D eigenvalue weighted by Crippen LogP contribution is -1.98. The molecule has 0 spiro atoms. The van der Waals surface area contributed by atoms with Crippen LogP contribution in [0.3, 0.4) is 0 Å². The summed E-state index contributed by atoms with van der Waals surface area (Å²) in [5.74, 6) is -0.724. The smallest absolute Gasteiger partial charge is 0.269 e. The molecule has 1 heterocycles. The quantitative estimate of drug-likeness (QED) is 0.230. The van der Waals surface area contributed by atoms with Crippen molar-refractivity contribution in [1.82, 2.24) is 9.97 Å². The lowest BCUT2D eigenvalue weighted by atomic mass is 10.2. The van der Waals surface area contributed by atoms with E-state index >= 15 is 0 Å². The number of ether oxygens (including phenoxy) is 1. The molecule has 0 bridgehead atoms. The molecule has 3 rings (SSSR count). The summed E-state index contributed by atoms with van der Waals surface area (Å²) in [6, 6.07) is 11.1. The van der Waals surface area contributed by atoms with Gasteiger partial charge in [0.05, 0.1) is 4.92 Å². The van der Waals surface area contributed by atoms with Crippen LogP contribution < -0.4 is 4.74 Å². The summed E-state index contributed by atoms with van der Waals surface area (Å²) < 4.78 is 32.0. The van der Waals surface area contributed by atoms with E-state index in [9.17, 15) is 18.9 Å². The Morgan fingerprint density at radius 1 is 1.07 bits per heavy atom. The topological polar surface area (TPSA) is 78.2 Å². The minimum Gasteiger partial charge on any atom is -0.439 e. The van der Waals surface area contributed by atoms with Crippen molar-refractivity contribution in [3.05, 3.63) is 81.5 Å². The molecular weight excluding hydrogens is 388 g/mol. The Hall–Kier alpha value is -3.07. The fourth-order valence-electron chi connectivity index (χ4n) is 2.28. The van der Waals surface area contributed by atoms with Crippen molar-refractivity contribution < 1.29 is 18.4 Å². The molecule has 0 fully saturated rings. The van der Waals surface area contributed by atoms with Crippen LogP contribution in [-0.2, 0) is 12.2 Å². The summed E-state index contributed by atoms with van der Waals surface area (Å²) in [5.41, 5.74) is 1.32. The van der Waals surface area contributed by atoms with Gasteiger partial charge in [-0.1, -0.05) is 24.8 Å². The Balaban J connectivity index is 1.75. The van der Waals surface area contributed by atoms with Gasteiger partial charge in [0.25, 0.3) is 5.69 Å². The van der Waals surface area contributed by atoms with Gasteiger partial charge >= 0.3 is 0 Å². The van der Waals surface area contributed by atoms with Crippen molar-refractivity contribution in [1.29, 1.82) is 0 Å². The van der Waals surface area contributed by atoms with Crippen LogP contribution in [0.5, 0.6) is 11.6 Å². The molecule has 0 N–H and O–H groups in total. The molecule has 0 aliphatic carbocycles. The van der Waals surface area contributed by atoms with Gasteiger partial charge in [-0.05, 0) is 36.2 Å². The van der Waals surface area contributed by atoms with Gasteiger partial charge in [0.2, 0.25) is 5.88 Å². The van der Waals surface area contributed by atoms with E-state index in [1.807, 2.05) is 6.92 Å². The summed E-state index contributed by atoms with van der Waals surface area (Å²) in [7, 11) is 0. The van der Waals surface area contributed by atoms with Gasteiger partial charge in [-0.15, -0.1) is 0 Å². The standard InChI is InChI=1S/C19H15F2N3O3S/c1-2-13-10-18(27-15-6-4-14(5-7-15)24(25)26)23-19(22-13)28-11-12-3-8-16(20)17(21)9-12/h3-10H,2,11H2,1H3. The number of nitrogens with zero attached hydrogens (tertiary/aromatic N) is 3. The number of rotatable bonds is 7. The third kappa shape index (κ3) is 5.01. The number of non-ortho nitro benzene ring substituents is 1. The van der Waals surface area contributed by atoms with Crippen LogP contribution in [0.25, 0.3) is 0 Å². The van der Waals surface area contributed by atoms with Gasteiger partial charge in [-0.3, -0.25) is 10.1 Å². The molecule has 0 radical (unpaired) electrons. The molecule has 0 atom stereocenters. The van der Waals surface area contributed by atoms with Crippen molar-refractivity contribution in [2.45, 2.75) is 24.3 Å². The first-order valence-electron chi connectivity index (χ1n) is 8.31. The number of hydrogen-bond donors (Lipinski definition) is 0. The first-order valence-corrected chi connectivity index (χ1v) is 9.30. The first-order chi connectivity index (χ1) is 13.4. The van der Waals surface area contributed by atoms with Gasteiger partial charge in [0, 0.05) is 29.6 Å². The molecule has 0 aliphatic rings. The molecule has 0 saturated carbocycles. The number of benzene rings is 2. The van der Waals surface area contributed by atoms with E-state index < -0.39 is 16.6 Å². The van der Waals surface area contributed by atoms with E-state index in [-0.39, 0.29) is 5.69 Å². The van der Waals surface area contributed by atoms with Crippen molar-refractivity contribution in [2.75, 3.05) is 0 Å². The lowest BCUT2D eigenvalue weighted by molar-refractivity contribution is -0.384. The lowest BCUT2D eigenvalue weighted by Gasteiger charge is -2.08. The maximum atomic E-state index is 13.3. The highest BCUT2D eigenvalue weighted by Gasteiger charge is 2.10. The number of thioether (sulfide) groups is 1. The summed E-state index contributed by atoms with van der Waals surface area (Å²) in [6.45, 7) is 1.93. The Kier molecular flexibility index (Phi) is 6.15. The monoisotopic (exact) mass is 403 g/mol. The zero-order valence-electron chi connectivity index (χ0n) is 14.8. The van der Waals surface area contributed by atoms with E-state index in [1.165, 1.54) is 42.1 Å². The van der Waals surface area contributed by atoms with Crippen LogP contribution in [-0.4, -0.2) is 14.9 Å². The van der Waals surface area contributed by atoms with Crippen LogP contribution >= 0.6 is 11.8 Å². The normalized spacial score (nSPS) is 10.7. The number of halogens is 2. The summed E-state index contributed by atoms with van der Waals surface area (Å²) in [5, 5.41) is 11.2. The minimum atomic E-state index is -0.900. The van der Waals surface area contributed by atoms with E-state index in [1.54, 1.807) is 6.07 Å². The predicted octanol–water partition coefficient (Wildman–Crippen LogP) is 5.31. The highest BCUT2D eigenvalue weighted by molar-refractivity contribution is 7.98. The molecule has 0 amide bonds. The Labute approximate surface area is 163 Å². The molecule has 2 aromatic carbocycles. The van der Waals surface area contributed by atoms with Gasteiger partial charge in [0.15, 0.2) is 16.8 Å². The molecule has 6 nitrogen and oxygen atoms in total. The van der Waals surface area contributed by atoms with Crippen molar-refractivity contribution in [2.24, 2.45) is 0 Å². The highest BCUT2D eigenvalue weighted by atomic mass is 32.2. The second-order valence-electron chi connectivity index (χ2n) is 5.72. The van der Waals surface area contributed by atoms with Crippen LogP contribution in [0, 0.1) is 21.7 Å². The van der Waals surface area contributed by atoms with Crippen LogP contribution in [0.4, 0.5) is 14.5 Å². The number of nitro benzene ring substituents is 1. The first kappa shape index (κ1) is 19.7. The zero-order valence-corrected chi connectivity index (χ0v) is 15.6. The molecule has 0 unspecified atom stereocenters. The Bertz CT molecular complexity index is 1000. The molecule has 1 aromatic heterocycles. The SMILES string of the molecule is CCc1cc(Oc2ccc([N+](=O)[O-])cc2)nc(SCc2ccc(F)c(F)c2)n1. The highest BCUT2D eigenvalue weighted by Crippen LogP contribution is 2.27. The molecule has 3 aromatic rings. The third-order valence-electron chi connectivity index (χ3n) is 3.72. The largest absolute Gasteiger partial charge is 0.439 e. The van der Waals surface area contributed by atoms with E-state index in [2.05, 4.69) is 9.97 Å². The molecule has 28 heavy (non-hydrogen) atoms. The second kappa shape index (κ2) is 8.75. The number of aryl methyl sites for hydroxylation is 1. The maximum absolute atomic E-state index is 13.3. The minimum absolute atomic E-state index is 0.0351. The number of hydrogen-bond acceptors (Lipinski definition) is 6. The van der Waals surface area contributed by atoms with Crippen LogP contribution in [0.15, 0.2) is 53.7 Å². The van der Waals surface area contributed by atoms with Crippen molar-refractivity contribution in [3.63, 3.8) is 0 Å². The van der Waals surface area contributed by atoms with Gasteiger partial charge in [0.1, 0.15) is 5.75 Å². The summed E-state index contributed by atoms with van der Waals surface area (Å²) >= 11 is 1.27. The zero-order chi connectivity index (χ0) is 20.1. The number of nitro groups is 1.